The van der Waals surface area contributed by atoms with Gasteiger partial charge in [-0.1, -0.05) is 67.9 Å². The van der Waals surface area contributed by atoms with E-state index in [0.29, 0.717) is 29.4 Å². The van der Waals surface area contributed by atoms with Gasteiger partial charge in [-0.05, 0) is 66.6 Å². The van der Waals surface area contributed by atoms with E-state index >= 15 is 0 Å². The molecule has 4 heteroatoms. The summed E-state index contributed by atoms with van der Waals surface area (Å²) in [4.78, 5) is 31.1. The number of benzene rings is 3. The average molecular weight is 437 g/mol. The van der Waals surface area contributed by atoms with Crippen molar-refractivity contribution in [3.8, 4) is 0 Å². The molecule has 3 aromatic carbocycles. The minimum absolute atomic E-state index is 0.260. The van der Waals surface area contributed by atoms with E-state index in [-0.39, 0.29) is 11.8 Å². The molecule has 2 heterocycles. The molecule has 2 amide bonds. The van der Waals surface area contributed by atoms with E-state index in [1.54, 1.807) is 0 Å². The van der Waals surface area contributed by atoms with Gasteiger partial charge < -0.3 is 4.90 Å². The van der Waals surface area contributed by atoms with Gasteiger partial charge in [0.15, 0.2) is 0 Å². The fraction of sp³-hybridized carbons (Fsp3) is 0.241. The molecule has 4 nitrogen and oxygen atoms in total. The van der Waals surface area contributed by atoms with Crippen LogP contribution < -0.4 is 9.80 Å². The smallest absolute Gasteiger partial charge is 0.282 e. The number of hydrogen-bond donors (Lipinski definition) is 0. The standard InChI is InChI=1S/C29H28N2O2/c1-18(2)21-10-12-23(13-11-21)31-28(32)26(24-14-9-19(3)17-20(24)4)27(29(31)33)30-16-15-22-7-5-6-8-25(22)30/h5-14,17-18H,15-16H2,1-4H3. The predicted octanol–water partition coefficient (Wildman–Crippen LogP) is 5.77. The SMILES string of the molecule is Cc1ccc(C2=C(N3CCc4ccccc43)C(=O)N(c3ccc(C(C)C)cc3)C2=O)c(C)c1. The summed E-state index contributed by atoms with van der Waals surface area (Å²) in [5.41, 5.74) is 7.90. The number of nitrogens with zero attached hydrogens (tertiary/aromatic N) is 2. The minimum atomic E-state index is -0.261. The Labute approximate surface area is 195 Å². The Balaban J connectivity index is 1.67. The lowest BCUT2D eigenvalue weighted by molar-refractivity contribution is -0.120. The maximum absolute atomic E-state index is 13.9. The van der Waals surface area contributed by atoms with Gasteiger partial charge in [0.1, 0.15) is 5.70 Å². The van der Waals surface area contributed by atoms with Crippen LogP contribution in [0.2, 0.25) is 0 Å². The molecule has 0 aliphatic carbocycles. The molecule has 2 aliphatic heterocycles. The fourth-order valence-electron chi connectivity index (χ4n) is 4.92. The van der Waals surface area contributed by atoms with E-state index < -0.39 is 0 Å². The van der Waals surface area contributed by atoms with Crippen LogP contribution in [0.25, 0.3) is 5.57 Å². The summed E-state index contributed by atoms with van der Waals surface area (Å²) in [6.07, 6.45) is 0.852. The molecule has 33 heavy (non-hydrogen) atoms. The van der Waals surface area contributed by atoms with Crippen LogP contribution in [0.3, 0.4) is 0 Å². The molecule has 5 rings (SSSR count). The van der Waals surface area contributed by atoms with Gasteiger partial charge in [-0.3, -0.25) is 9.59 Å². The van der Waals surface area contributed by atoms with Gasteiger partial charge in [0.2, 0.25) is 0 Å². The molecule has 0 fully saturated rings. The van der Waals surface area contributed by atoms with E-state index in [2.05, 4.69) is 26.0 Å². The van der Waals surface area contributed by atoms with Crippen molar-refractivity contribution >= 4 is 28.8 Å². The van der Waals surface area contributed by atoms with Gasteiger partial charge in [0.05, 0.1) is 11.3 Å². The summed E-state index contributed by atoms with van der Waals surface area (Å²) in [5.74, 6) is -0.141. The molecule has 0 N–H and O–H groups in total. The van der Waals surface area contributed by atoms with Crippen molar-refractivity contribution < 1.29 is 9.59 Å². The topological polar surface area (TPSA) is 40.6 Å². The molecule has 0 saturated heterocycles. The molecule has 0 aromatic heterocycles. The van der Waals surface area contributed by atoms with Gasteiger partial charge in [-0.2, -0.15) is 0 Å². The van der Waals surface area contributed by atoms with E-state index in [1.807, 2.05) is 73.3 Å². The normalized spacial score (nSPS) is 15.8. The monoisotopic (exact) mass is 436 g/mol. The first-order chi connectivity index (χ1) is 15.9. The van der Waals surface area contributed by atoms with Crippen molar-refractivity contribution in [2.45, 2.75) is 40.0 Å². The number of carbonyl (C=O) groups is 2. The molecule has 0 bridgehead atoms. The van der Waals surface area contributed by atoms with E-state index in [1.165, 1.54) is 16.0 Å². The lowest BCUT2D eigenvalue weighted by Gasteiger charge is -2.22. The van der Waals surface area contributed by atoms with Crippen LogP contribution in [0.4, 0.5) is 11.4 Å². The average Bonchev–Trinajstić information content (AvgIpc) is 3.32. The zero-order valence-electron chi connectivity index (χ0n) is 19.6. The van der Waals surface area contributed by atoms with Crippen LogP contribution in [0.5, 0.6) is 0 Å². The summed E-state index contributed by atoms with van der Waals surface area (Å²) in [6.45, 7) is 8.98. The number of fused-ring (bicyclic) bond motifs is 1. The Morgan fingerprint density at radius 1 is 0.848 bits per heavy atom. The molecule has 0 unspecified atom stereocenters. The molecule has 3 aromatic rings. The number of para-hydroxylation sites is 1. The van der Waals surface area contributed by atoms with Crippen molar-refractivity contribution in [2.75, 3.05) is 16.3 Å². The Morgan fingerprint density at radius 2 is 1.58 bits per heavy atom. The maximum Gasteiger partial charge on any atom is 0.282 e. The second kappa shape index (κ2) is 8.04. The number of anilines is 2. The minimum Gasteiger partial charge on any atom is -0.336 e. The second-order valence-corrected chi connectivity index (χ2v) is 9.26. The first-order valence-corrected chi connectivity index (χ1v) is 11.5. The molecule has 0 atom stereocenters. The first kappa shape index (κ1) is 21.2. The van der Waals surface area contributed by atoms with Crippen molar-refractivity contribution in [1.29, 1.82) is 0 Å². The number of rotatable bonds is 4. The van der Waals surface area contributed by atoms with E-state index in [0.717, 1.165) is 28.8 Å². The van der Waals surface area contributed by atoms with Gasteiger partial charge in [0.25, 0.3) is 11.8 Å². The Hall–Kier alpha value is -3.66. The lowest BCUT2D eigenvalue weighted by Crippen LogP contribution is -2.34. The van der Waals surface area contributed by atoms with Crippen LogP contribution in [-0.2, 0) is 16.0 Å². The maximum atomic E-state index is 13.9. The molecule has 2 aliphatic rings. The molecule has 0 spiro atoms. The highest BCUT2D eigenvalue weighted by molar-refractivity contribution is 6.46. The van der Waals surface area contributed by atoms with Crippen LogP contribution >= 0.6 is 0 Å². The zero-order valence-corrected chi connectivity index (χ0v) is 19.6. The third kappa shape index (κ3) is 3.46. The van der Waals surface area contributed by atoms with Gasteiger partial charge in [0, 0.05) is 12.2 Å². The Kier molecular flexibility index (Phi) is 5.16. The van der Waals surface area contributed by atoms with Gasteiger partial charge in [-0.15, -0.1) is 0 Å². The van der Waals surface area contributed by atoms with Gasteiger partial charge in [-0.25, -0.2) is 4.90 Å². The Bertz CT molecular complexity index is 1300. The number of hydrogen-bond acceptors (Lipinski definition) is 3. The lowest BCUT2D eigenvalue weighted by atomic mass is 9.97. The molecular weight excluding hydrogens is 408 g/mol. The summed E-state index contributed by atoms with van der Waals surface area (Å²) >= 11 is 0. The van der Waals surface area contributed by atoms with Crippen molar-refractivity contribution in [3.05, 3.63) is 100 Å². The number of imide groups is 1. The van der Waals surface area contributed by atoms with Crippen molar-refractivity contribution in [1.82, 2.24) is 0 Å². The summed E-state index contributed by atoms with van der Waals surface area (Å²) in [7, 11) is 0. The highest BCUT2D eigenvalue weighted by Crippen LogP contribution is 2.41. The zero-order chi connectivity index (χ0) is 23.3. The molecule has 166 valence electrons. The van der Waals surface area contributed by atoms with E-state index in [4.69, 9.17) is 0 Å². The summed E-state index contributed by atoms with van der Waals surface area (Å²) < 4.78 is 0. The largest absolute Gasteiger partial charge is 0.336 e. The number of aryl methyl sites for hydroxylation is 2. The number of carbonyl (C=O) groups excluding carboxylic acids is 2. The van der Waals surface area contributed by atoms with E-state index in [9.17, 15) is 9.59 Å². The third-order valence-corrected chi connectivity index (χ3v) is 6.69. The quantitative estimate of drug-likeness (QED) is 0.487. The summed E-state index contributed by atoms with van der Waals surface area (Å²) in [6, 6.07) is 21.9. The second-order valence-electron chi connectivity index (χ2n) is 9.26. The molecular formula is C29H28N2O2. The number of amides is 2. The van der Waals surface area contributed by atoms with Crippen LogP contribution in [0, 0.1) is 13.8 Å². The Morgan fingerprint density at radius 3 is 2.27 bits per heavy atom. The molecule has 0 saturated carbocycles. The predicted molar refractivity (Wildman–Crippen MR) is 133 cm³/mol. The highest BCUT2D eigenvalue weighted by Gasteiger charge is 2.44. The third-order valence-electron chi connectivity index (χ3n) is 6.69. The summed E-state index contributed by atoms with van der Waals surface area (Å²) in [5, 5.41) is 0. The van der Waals surface area contributed by atoms with Crippen LogP contribution in [0.15, 0.2) is 72.4 Å². The first-order valence-electron chi connectivity index (χ1n) is 11.5. The van der Waals surface area contributed by atoms with Crippen LogP contribution in [-0.4, -0.2) is 18.4 Å². The van der Waals surface area contributed by atoms with Crippen LogP contribution in [0.1, 0.15) is 47.6 Å². The highest BCUT2D eigenvalue weighted by atomic mass is 16.2. The molecule has 0 radical (unpaired) electrons. The van der Waals surface area contributed by atoms with Crippen molar-refractivity contribution in [2.24, 2.45) is 0 Å². The van der Waals surface area contributed by atoms with Crippen molar-refractivity contribution in [3.63, 3.8) is 0 Å². The van der Waals surface area contributed by atoms with Gasteiger partial charge >= 0.3 is 0 Å². The fourth-order valence-corrected chi connectivity index (χ4v) is 4.92.